The van der Waals surface area contributed by atoms with Crippen LogP contribution in [0.5, 0.6) is 0 Å². The molecule has 3 nitrogen and oxygen atoms in total. The lowest BCUT2D eigenvalue weighted by Gasteiger charge is -2.17. The Hall–Kier alpha value is -0.710. The molecule has 0 spiro atoms. The van der Waals surface area contributed by atoms with E-state index in [2.05, 4.69) is 0 Å². The van der Waals surface area contributed by atoms with Gasteiger partial charge in [0.1, 0.15) is 0 Å². The molecule has 0 aliphatic carbocycles. The van der Waals surface area contributed by atoms with E-state index in [0.29, 0.717) is 13.0 Å². The Bertz CT molecular complexity index is 329. The number of nitrogens with zero attached hydrogens (tertiary/aromatic N) is 1. The second kappa shape index (κ2) is 7.54. The van der Waals surface area contributed by atoms with Gasteiger partial charge in [-0.25, -0.2) is 0 Å². The highest BCUT2D eigenvalue weighted by Crippen LogP contribution is 2.19. The highest BCUT2D eigenvalue weighted by Gasteiger charge is 2.08. The van der Waals surface area contributed by atoms with E-state index in [4.69, 9.17) is 5.73 Å². The molecular formula is C11H17ClN2OS. The van der Waals surface area contributed by atoms with Crippen LogP contribution in [-0.2, 0) is 4.79 Å². The zero-order valence-electron chi connectivity index (χ0n) is 9.47. The third-order valence-electron chi connectivity index (χ3n) is 2.19. The maximum absolute atomic E-state index is 11.5. The summed E-state index contributed by atoms with van der Waals surface area (Å²) in [7, 11) is 1.77. The quantitative estimate of drug-likeness (QED) is 0.844. The summed E-state index contributed by atoms with van der Waals surface area (Å²) in [5.41, 5.74) is 6.25. The smallest absolute Gasteiger partial charge is 0.227 e. The van der Waals surface area contributed by atoms with Crippen LogP contribution in [0.4, 0.5) is 5.69 Å². The Morgan fingerprint density at radius 1 is 1.38 bits per heavy atom. The first-order valence-corrected chi connectivity index (χ1v) is 6.02. The number of carbonyl (C=O) groups is 1. The van der Waals surface area contributed by atoms with Crippen LogP contribution >= 0.6 is 24.2 Å². The van der Waals surface area contributed by atoms with Crippen molar-refractivity contribution in [2.45, 2.75) is 11.3 Å². The predicted octanol–water partition coefficient (Wildman–Crippen LogP) is 2.14. The van der Waals surface area contributed by atoms with Gasteiger partial charge in [0.05, 0.1) is 0 Å². The maximum Gasteiger partial charge on any atom is 0.227 e. The Morgan fingerprint density at radius 3 is 2.38 bits per heavy atom. The Morgan fingerprint density at radius 2 is 1.94 bits per heavy atom. The van der Waals surface area contributed by atoms with E-state index >= 15 is 0 Å². The fraction of sp³-hybridized carbons (Fsp3) is 0.364. The summed E-state index contributed by atoms with van der Waals surface area (Å²) < 4.78 is 0. The lowest BCUT2D eigenvalue weighted by Crippen LogP contribution is -2.27. The van der Waals surface area contributed by atoms with Crippen LogP contribution in [0.1, 0.15) is 6.42 Å². The van der Waals surface area contributed by atoms with Crippen LogP contribution in [0.15, 0.2) is 29.2 Å². The summed E-state index contributed by atoms with van der Waals surface area (Å²) >= 11 is 1.68. The minimum Gasteiger partial charge on any atom is -0.330 e. The van der Waals surface area contributed by atoms with E-state index < -0.39 is 0 Å². The average Bonchev–Trinajstić information content (AvgIpc) is 2.28. The first kappa shape index (κ1) is 15.3. The van der Waals surface area contributed by atoms with Crippen LogP contribution in [0.3, 0.4) is 0 Å². The minimum atomic E-state index is 0. The molecule has 0 bridgehead atoms. The molecule has 0 fully saturated rings. The molecule has 0 heterocycles. The highest BCUT2D eigenvalue weighted by atomic mass is 35.5. The minimum absolute atomic E-state index is 0. The van der Waals surface area contributed by atoms with Gasteiger partial charge in [0.2, 0.25) is 5.91 Å². The number of hydrogen-bond donors (Lipinski definition) is 1. The molecule has 0 aliphatic heterocycles. The summed E-state index contributed by atoms with van der Waals surface area (Å²) in [4.78, 5) is 14.4. The van der Waals surface area contributed by atoms with E-state index in [9.17, 15) is 4.79 Å². The van der Waals surface area contributed by atoms with Crippen molar-refractivity contribution >= 4 is 35.8 Å². The lowest BCUT2D eigenvalue weighted by molar-refractivity contribution is -0.118. The van der Waals surface area contributed by atoms with Gasteiger partial charge < -0.3 is 10.6 Å². The molecular weight excluding hydrogens is 244 g/mol. The maximum atomic E-state index is 11.5. The topological polar surface area (TPSA) is 46.3 Å². The van der Waals surface area contributed by atoms with Crippen LogP contribution in [0, 0.1) is 0 Å². The van der Waals surface area contributed by atoms with Gasteiger partial charge >= 0.3 is 0 Å². The Labute approximate surface area is 107 Å². The monoisotopic (exact) mass is 260 g/mol. The summed E-state index contributed by atoms with van der Waals surface area (Å²) in [5.74, 6) is 0.0504. The van der Waals surface area contributed by atoms with Gasteiger partial charge in [0.25, 0.3) is 0 Å². The first-order valence-electron chi connectivity index (χ1n) is 4.79. The van der Waals surface area contributed by atoms with Crippen molar-refractivity contribution in [1.29, 1.82) is 0 Å². The molecule has 0 radical (unpaired) electrons. The first-order chi connectivity index (χ1) is 7.19. The Balaban J connectivity index is 0.00000225. The molecule has 0 unspecified atom stereocenters. The van der Waals surface area contributed by atoms with Crippen molar-refractivity contribution in [3.05, 3.63) is 24.3 Å². The molecule has 5 heteroatoms. The largest absolute Gasteiger partial charge is 0.330 e. The van der Waals surface area contributed by atoms with Gasteiger partial charge in [0, 0.05) is 30.6 Å². The summed E-state index contributed by atoms with van der Waals surface area (Å²) in [5, 5.41) is 0. The lowest BCUT2D eigenvalue weighted by atomic mass is 10.3. The number of rotatable bonds is 4. The van der Waals surface area contributed by atoms with Crippen LogP contribution < -0.4 is 10.6 Å². The number of hydrogen-bond acceptors (Lipinski definition) is 3. The molecule has 0 saturated carbocycles. The summed E-state index contributed by atoms with van der Waals surface area (Å²) in [6.45, 7) is 0.395. The SMILES string of the molecule is CSc1ccc(N(C)C(=O)CCN)cc1.Cl. The van der Waals surface area contributed by atoms with Crippen molar-refractivity contribution in [3.8, 4) is 0 Å². The Kier molecular flexibility index (Phi) is 7.21. The molecule has 0 aliphatic rings. The van der Waals surface area contributed by atoms with E-state index in [-0.39, 0.29) is 18.3 Å². The molecule has 0 atom stereocenters. The summed E-state index contributed by atoms with van der Waals surface area (Å²) in [6.07, 6.45) is 2.42. The number of nitrogens with two attached hydrogens (primary N) is 1. The third-order valence-corrected chi connectivity index (χ3v) is 2.94. The number of amides is 1. The van der Waals surface area contributed by atoms with Crippen molar-refractivity contribution in [3.63, 3.8) is 0 Å². The zero-order valence-corrected chi connectivity index (χ0v) is 11.1. The zero-order chi connectivity index (χ0) is 11.3. The second-order valence-corrected chi connectivity index (χ2v) is 4.07. The van der Waals surface area contributed by atoms with Crippen molar-refractivity contribution in [1.82, 2.24) is 0 Å². The van der Waals surface area contributed by atoms with Gasteiger partial charge in [-0.3, -0.25) is 4.79 Å². The fourth-order valence-electron chi connectivity index (χ4n) is 1.24. The van der Waals surface area contributed by atoms with Crippen LogP contribution in [0.25, 0.3) is 0 Å². The van der Waals surface area contributed by atoms with Gasteiger partial charge in [-0.05, 0) is 30.5 Å². The van der Waals surface area contributed by atoms with Crippen LogP contribution in [-0.4, -0.2) is 25.8 Å². The molecule has 90 valence electrons. The number of anilines is 1. The van der Waals surface area contributed by atoms with Gasteiger partial charge in [0.15, 0.2) is 0 Å². The molecule has 1 rings (SSSR count). The van der Waals surface area contributed by atoms with E-state index in [1.54, 1.807) is 23.7 Å². The highest BCUT2D eigenvalue weighted by molar-refractivity contribution is 7.98. The number of thioether (sulfide) groups is 1. The normalized spacial score (nSPS) is 9.44. The number of carbonyl (C=O) groups excluding carboxylic acids is 1. The van der Waals surface area contributed by atoms with Crippen molar-refractivity contribution < 1.29 is 4.79 Å². The molecule has 1 amide bonds. The summed E-state index contributed by atoms with van der Waals surface area (Å²) in [6, 6.07) is 7.90. The van der Waals surface area contributed by atoms with Crippen molar-refractivity contribution in [2.75, 3.05) is 24.7 Å². The molecule has 0 aromatic heterocycles. The standard InChI is InChI=1S/C11H16N2OS.ClH/c1-13(11(14)7-8-12)9-3-5-10(15-2)6-4-9;/h3-6H,7-8,12H2,1-2H3;1H. The van der Waals surface area contributed by atoms with E-state index in [1.165, 1.54) is 4.90 Å². The van der Waals surface area contributed by atoms with Gasteiger partial charge in [-0.15, -0.1) is 24.2 Å². The van der Waals surface area contributed by atoms with E-state index in [0.717, 1.165) is 5.69 Å². The molecule has 1 aromatic carbocycles. The third kappa shape index (κ3) is 4.04. The number of benzene rings is 1. The second-order valence-electron chi connectivity index (χ2n) is 3.19. The average molecular weight is 261 g/mol. The molecule has 0 saturated heterocycles. The van der Waals surface area contributed by atoms with Gasteiger partial charge in [-0.2, -0.15) is 0 Å². The molecule has 16 heavy (non-hydrogen) atoms. The van der Waals surface area contributed by atoms with Gasteiger partial charge in [-0.1, -0.05) is 0 Å². The van der Waals surface area contributed by atoms with Crippen molar-refractivity contribution in [2.24, 2.45) is 5.73 Å². The molecule has 2 N–H and O–H groups in total. The fourth-order valence-corrected chi connectivity index (χ4v) is 1.65. The molecule has 1 aromatic rings. The van der Waals surface area contributed by atoms with E-state index in [1.807, 2.05) is 30.5 Å². The number of halogens is 1. The van der Waals surface area contributed by atoms with Crippen LogP contribution in [0.2, 0.25) is 0 Å². The predicted molar refractivity (Wildman–Crippen MR) is 72.6 cm³/mol.